The summed E-state index contributed by atoms with van der Waals surface area (Å²) in [6, 6.07) is 15.5. The molecule has 0 heterocycles. The fraction of sp³-hybridized carbons (Fsp3) is 0.0556. The smallest absolute Gasteiger partial charge is 0.248 e. The fourth-order valence-electron chi connectivity index (χ4n) is 1.92. The summed E-state index contributed by atoms with van der Waals surface area (Å²) in [6.45, 7) is 3.43. The number of anilines is 1. The number of hydrogen-bond donors (Lipinski definition) is 1. The van der Waals surface area contributed by atoms with E-state index in [2.05, 4.69) is 11.9 Å². The van der Waals surface area contributed by atoms with Gasteiger partial charge in [-0.1, -0.05) is 36.4 Å². The average molecular weight is 327 g/mol. The van der Waals surface area contributed by atoms with Crippen LogP contribution in [0.4, 0.5) is 5.69 Å². The van der Waals surface area contributed by atoms with Crippen molar-refractivity contribution in [1.29, 1.82) is 0 Å². The van der Waals surface area contributed by atoms with Crippen LogP contribution in [-0.4, -0.2) is 20.1 Å². The average Bonchev–Trinajstić information content (AvgIpc) is 2.54. The van der Waals surface area contributed by atoms with Crippen LogP contribution in [0.3, 0.4) is 0 Å². The molecule has 2 aromatic rings. The molecule has 1 N–H and O–H groups in total. The van der Waals surface area contributed by atoms with Gasteiger partial charge in [-0.25, -0.2) is 8.42 Å². The summed E-state index contributed by atoms with van der Waals surface area (Å²) in [4.78, 5) is 12.0. The Bertz CT molecular complexity index is 807. The number of nitrogens with one attached hydrogen (secondary N) is 1. The number of hydrogen-bond acceptors (Lipinski definition) is 3. The number of sulfone groups is 1. The molecule has 2 rings (SSSR count). The summed E-state index contributed by atoms with van der Waals surface area (Å²) < 4.78 is 23.7. The molecule has 0 bridgehead atoms. The molecular formula is C18H17NO3S. The highest BCUT2D eigenvalue weighted by molar-refractivity contribution is 7.91. The molecule has 0 spiro atoms. The Morgan fingerprint density at radius 2 is 1.70 bits per heavy atom. The van der Waals surface area contributed by atoms with Crippen LogP contribution in [0, 0.1) is 0 Å². The Balaban J connectivity index is 2.02. The topological polar surface area (TPSA) is 63.2 Å². The van der Waals surface area contributed by atoms with E-state index in [9.17, 15) is 13.2 Å². The Morgan fingerprint density at radius 1 is 1.04 bits per heavy atom. The van der Waals surface area contributed by atoms with E-state index in [0.717, 1.165) is 5.56 Å². The summed E-state index contributed by atoms with van der Waals surface area (Å²) in [5, 5.41) is 2.68. The molecule has 0 unspecified atom stereocenters. The number of rotatable bonds is 6. The molecule has 1 amide bonds. The van der Waals surface area contributed by atoms with Gasteiger partial charge >= 0.3 is 0 Å². The van der Waals surface area contributed by atoms with Crippen molar-refractivity contribution in [3.63, 3.8) is 0 Å². The molecule has 118 valence electrons. The summed E-state index contributed by atoms with van der Waals surface area (Å²) in [5.41, 5.74) is 1.46. The van der Waals surface area contributed by atoms with Crippen LogP contribution in [0.25, 0.3) is 6.08 Å². The maximum atomic E-state index is 11.9. The first-order valence-electron chi connectivity index (χ1n) is 6.99. The molecule has 0 saturated heterocycles. The minimum Gasteiger partial charge on any atom is -0.323 e. The minimum absolute atomic E-state index is 0.113. The second kappa shape index (κ2) is 7.56. The van der Waals surface area contributed by atoms with Gasteiger partial charge in [-0.3, -0.25) is 4.79 Å². The SMILES string of the molecule is C=CCS(=O)(=O)c1ccc(NC(=O)C=Cc2ccccc2)cc1. The Labute approximate surface area is 136 Å². The predicted molar refractivity (Wildman–Crippen MR) is 92.8 cm³/mol. The third-order valence-electron chi connectivity index (χ3n) is 3.04. The molecule has 0 aliphatic carbocycles. The van der Waals surface area contributed by atoms with Crippen LogP contribution in [-0.2, 0) is 14.6 Å². The maximum Gasteiger partial charge on any atom is 0.248 e. The summed E-state index contributed by atoms with van der Waals surface area (Å²) in [5.74, 6) is -0.394. The Morgan fingerprint density at radius 3 is 2.30 bits per heavy atom. The Hall–Kier alpha value is -2.66. The normalized spacial score (nSPS) is 11.3. The van der Waals surface area contributed by atoms with Gasteiger partial charge in [0.1, 0.15) is 0 Å². The van der Waals surface area contributed by atoms with Gasteiger partial charge in [0.2, 0.25) is 5.91 Å². The zero-order valence-electron chi connectivity index (χ0n) is 12.5. The second-order valence-corrected chi connectivity index (χ2v) is 6.86. The van der Waals surface area contributed by atoms with Gasteiger partial charge in [0.25, 0.3) is 0 Å². The van der Waals surface area contributed by atoms with E-state index in [-0.39, 0.29) is 16.6 Å². The third-order valence-corrected chi connectivity index (χ3v) is 4.71. The van der Waals surface area contributed by atoms with Gasteiger partial charge < -0.3 is 5.32 Å². The highest BCUT2D eigenvalue weighted by Gasteiger charge is 2.11. The molecule has 0 saturated carbocycles. The lowest BCUT2D eigenvalue weighted by Crippen LogP contribution is -2.08. The molecule has 2 aromatic carbocycles. The molecule has 0 atom stereocenters. The zero-order valence-corrected chi connectivity index (χ0v) is 13.3. The van der Waals surface area contributed by atoms with Crippen LogP contribution < -0.4 is 5.32 Å². The van der Waals surface area contributed by atoms with Gasteiger partial charge in [0, 0.05) is 11.8 Å². The van der Waals surface area contributed by atoms with Crippen molar-refractivity contribution in [2.75, 3.05) is 11.1 Å². The fourth-order valence-corrected chi connectivity index (χ4v) is 2.97. The van der Waals surface area contributed by atoms with Crippen molar-refractivity contribution in [2.45, 2.75) is 4.90 Å². The van der Waals surface area contributed by atoms with Gasteiger partial charge in [0.05, 0.1) is 10.6 Å². The number of benzene rings is 2. The van der Waals surface area contributed by atoms with Crippen LogP contribution in [0.5, 0.6) is 0 Å². The van der Waals surface area contributed by atoms with E-state index in [4.69, 9.17) is 0 Å². The molecule has 23 heavy (non-hydrogen) atoms. The molecule has 4 nitrogen and oxygen atoms in total. The van der Waals surface area contributed by atoms with E-state index in [1.54, 1.807) is 18.2 Å². The largest absolute Gasteiger partial charge is 0.323 e. The van der Waals surface area contributed by atoms with Crippen LogP contribution >= 0.6 is 0 Å². The molecule has 0 aromatic heterocycles. The van der Waals surface area contributed by atoms with E-state index < -0.39 is 9.84 Å². The van der Waals surface area contributed by atoms with Crippen molar-refractivity contribution in [3.8, 4) is 0 Å². The van der Waals surface area contributed by atoms with Crippen LogP contribution in [0.1, 0.15) is 5.56 Å². The van der Waals surface area contributed by atoms with Crippen molar-refractivity contribution >= 4 is 27.5 Å². The molecule has 0 aliphatic rings. The van der Waals surface area contributed by atoms with Gasteiger partial charge in [-0.05, 0) is 35.9 Å². The first kappa shape index (κ1) is 16.7. The minimum atomic E-state index is -3.35. The van der Waals surface area contributed by atoms with Crippen molar-refractivity contribution in [1.82, 2.24) is 0 Å². The molecular weight excluding hydrogens is 310 g/mol. The van der Waals surface area contributed by atoms with E-state index in [1.807, 2.05) is 30.3 Å². The van der Waals surface area contributed by atoms with Gasteiger partial charge in [-0.15, -0.1) is 6.58 Å². The predicted octanol–water partition coefficient (Wildman–Crippen LogP) is 3.30. The first-order chi connectivity index (χ1) is 11.0. The van der Waals surface area contributed by atoms with E-state index in [0.29, 0.717) is 5.69 Å². The standard InChI is InChI=1S/C18H17NO3S/c1-2-14-23(21,22)17-11-9-16(10-12-17)19-18(20)13-8-15-6-4-3-5-7-15/h2-13H,1,14H2,(H,19,20). The van der Waals surface area contributed by atoms with Crippen LogP contribution in [0.15, 0.2) is 78.2 Å². The van der Waals surface area contributed by atoms with Gasteiger partial charge in [0.15, 0.2) is 9.84 Å². The lowest BCUT2D eigenvalue weighted by atomic mass is 10.2. The molecule has 5 heteroatoms. The number of amides is 1. The van der Waals surface area contributed by atoms with E-state index >= 15 is 0 Å². The lowest BCUT2D eigenvalue weighted by Gasteiger charge is -2.05. The first-order valence-corrected chi connectivity index (χ1v) is 8.64. The van der Waals surface area contributed by atoms with E-state index in [1.165, 1.54) is 24.3 Å². The molecule has 0 aliphatic heterocycles. The zero-order chi connectivity index (χ0) is 16.7. The summed E-state index contributed by atoms with van der Waals surface area (Å²) in [7, 11) is -3.35. The number of carbonyl (C=O) groups excluding carboxylic acids is 1. The van der Waals surface area contributed by atoms with Crippen LogP contribution in [0.2, 0.25) is 0 Å². The van der Waals surface area contributed by atoms with Crippen molar-refractivity contribution < 1.29 is 13.2 Å². The highest BCUT2D eigenvalue weighted by Crippen LogP contribution is 2.15. The molecule has 0 fully saturated rings. The van der Waals surface area contributed by atoms with Crippen molar-refractivity contribution in [3.05, 3.63) is 78.9 Å². The highest BCUT2D eigenvalue weighted by atomic mass is 32.2. The van der Waals surface area contributed by atoms with Crippen molar-refractivity contribution in [2.24, 2.45) is 0 Å². The summed E-state index contributed by atoms with van der Waals surface area (Å²) in [6.07, 6.45) is 4.48. The lowest BCUT2D eigenvalue weighted by molar-refractivity contribution is -0.111. The second-order valence-electron chi connectivity index (χ2n) is 4.83. The maximum absolute atomic E-state index is 11.9. The monoisotopic (exact) mass is 327 g/mol. The van der Waals surface area contributed by atoms with Gasteiger partial charge in [-0.2, -0.15) is 0 Å². The third kappa shape index (κ3) is 4.93. The quantitative estimate of drug-likeness (QED) is 0.654. The number of carbonyl (C=O) groups is 1. The Kier molecular flexibility index (Phi) is 5.49. The molecule has 0 radical (unpaired) electrons. The summed E-state index contributed by atoms with van der Waals surface area (Å²) >= 11 is 0.